The van der Waals surface area contributed by atoms with Crippen molar-refractivity contribution < 1.29 is 9.59 Å². The molecule has 8 nitrogen and oxygen atoms in total. The van der Waals surface area contributed by atoms with Gasteiger partial charge in [-0.1, -0.05) is 18.7 Å². The molecule has 34 heavy (non-hydrogen) atoms. The molecule has 1 atom stereocenters. The molecule has 0 spiro atoms. The number of likely N-dealkylation sites (tertiary alicyclic amines) is 1. The van der Waals surface area contributed by atoms with Crippen molar-refractivity contribution in [3.05, 3.63) is 72.5 Å². The second-order valence-corrected chi connectivity index (χ2v) is 9.20. The Kier molecular flexibility index (Phi) is 6.18. The van der Waals surface area contributed by atoms with Crippen LogP contribution in [0.3, 0.4) is 0 Å². The van der Waals surface area contributed by atoms with Gasteiger partial charge in [0.15, 0.2) is 0 Å². The van der Waals surface area contributed by atoms with E-state index in [1.54, 1.807) is 12.3 Å². The zero-order valence-corrected chi connectivity index (χ0v) is 19.4. The zero-order chi connectivity index (χ0) is 23.5. The number of carbonyl (C=O) groups is 2. The summed E-state index contributed by atoms with van der Waals surface area (Å²) >= 11 is 1.38. The SMILES string of the molecule is C=CC(=O)N1CCC[C@@H](n2c(NC(=O)c3ccc(-c4ccncn4)s3)nc3ccccc32)CC1. The highest BCUT2D eigenvalue weighted by atomic mass is 32.1. The maximum atomic E-state index is 13.2. The van der Waals surface area contributed by atoms with Crippen molar-refractivity contribution in [3.8, 4) is 10.6 Å². The Bertz CT molecular complexity index is 1350. The number of aromatic nitrogens is 4. The van der Waals surface area contributed by atoms with Crippen LogP contribution in [0.15, 0.2) is 67.6 Å². The number of hydrogen-bond donors (Lipinski definition) is 1. The molecule has 0 bridgehead atoms. The van der Waals surface area contributed by atoms with Crippen LogP contribution >= 0.6 is 11.3 Å². The monoisotopic (exact) mass is 472 g/mol. The fraction of sp³-hybridized carbons (Fsp3) is 0.240. The Morgan fingerprint density at radius 2 is 2.00 bits per heavy atom. The van der Waals surface area contributed by atoms with Crippen LogP contribution in [-0.4, -0.2) is 49.3 Å². The quantitative estimate of drug-likeness (QED) is 0.430. The fourth-order valence-electron chi connectivity index (χ4n) is 4.39. The molecule has 0 saturated carbocycles. The van der Waals surface area contributed by atoms with Crippen molar-refractivity contribution in [2.24, 2.45) is 0 Å². The number of nitrogens with zero attached hydrogens (tertiary/aromatic N) is 5. The van der Waals surface area contributed by atoms with Crippen LogP contribution in [0.2, 0.25) is 0 Å². The van der Waals surface area contributed by atoms with Gasteiger partial charge in [0.25, 0.3) is 5.91 Å². The first kappa shape index (κ1) is 22.0. The molecule has 0 radical (unpaired) electrons. The van der Waals surface area contributed by atoms with Gasteiger partial charge in [-0.2, -0.15) is 0 Å². The van der Waals surface area contributed by atoms with Gasteiger partial charge in [0.1, 0.15) is 6.33 Å². The van der Waals surface area contributed by atoms with Gasteiger partial charge in [0.05, 0.1) is 26.5 Å². The maximum absolute atomic E-state index is 13.2. The molecule has 9 heteroatoms. The molecule has 2 amide bonds. The number of thiophene rings is 1. The number of amides is 2. The van der Waals surface area contributed by atoms with Gasteiger partial charge in [-0.25, -0.2) is 15.0 Å². The molecule has 1 aliphatic rings. The minimum absolute atomic E-state index is 0.0400. The number of rotatable bonds is 5. The average molecular weight is 473 g/mol. The fourth-order valence-corrected chi connectivity index (χ4v) is 5.26. The van der Waals surface area contributed by atoms with Gasteiger partial charge < -0.3 is 9.47 Å². The number of carbonyl (C=O) groups excluding carboxylic acids is 2. The van der Waals surface area contributed by atoms with Crippen LogP contribution in [-0.2, 0) is 4.79 Å². The van der Waals surface area contributed by atoms with E-state index in [1.807, 2.05) is 41.3 Å². The van der Waals surface area contributed by atoms with Crippen LogP contribution < -0.4 is 5.32 Å². The van der Waals surface area contributed by atoms with E-state index < -0.39 is 0 Å². The summed E-state index contributed by atoms with van der Waals surface area (Å²) in [5, 5.41) is 3.04. The molecule has 1 saturated heterocycles. The summed E-state index contributed by atoms with van der Waals surface area (Å²) in [6.45, 7) is 4.96. The number of para-hydroxylation sites is 2. The standard InChI is InChI=1S/C25H24N6O2S/c1-2-23(32)30-14-5-6-17(12-15-30)31-20-8-4-3-7-18(20)28-25(31)29-24(33)22-10-9-21(34-22)19-11-13-26-16-27-19/h2-4,7-11,13,16-17H,1,5-6,12,14-15H2,(H,28,29,33)/t17-/m1/s1. The van der Waals surface area contributed by atoms with Crippen molar-refractivity contribution in [2.45, 2.75) is 25.3 Å². The first-order chi connectivity index (χ1) is 16.6. The van der Waals surface area contributed by atoms with E-state index in [4.69, 9.17) is 4.98 Å². The third kappa shape index (κ3) is 4.34. The average Bonchev–Trinajstić information content (AvgIpc) is 3.43. The molecule has 1 aromatic carbocycles. The van der Waals surface area contributed by atoms with Gasteiger partial charge in [-0.15, -0.1) is 11.3 Å². The molecule has 0 aliphatic carbocycles. The van der Waals surface area contributed by atoms with Crippen molar-refractivity contribution in [1.82, 2.24) is 24.4 Å². The van der Waals surface area contributed by atoms with Crippen molar-refractivity contribution in [1.29, 1.82) is 0 Å². The molecule has 4 heterocycles. The summed E-state index contributed by atoms with van der Waals surface area (Å²) in [6, 6.07) is 13.5. The van der Waals surface area contributed by atoms with Crippen LogP contribution in [0, 0.1) is 0 Å². The number of hydrogen-bond acceptors (Lipinski definition) is 6. The normalized spacial score (nSPS) is 16.2. The maximum Gasteiger partial charge on any atom is 0.268 e. The number of benzene rings is 1. The Hall–Kier alpha value is -3.85. The van der Waals surface area contributed by atoms with E-state index in [9.17, 15) is 9.59 Å². The van der Waals surface area contributed by atoms with E-state index in [0.29, 0.717) is 23.9 Å². The summed E-state index contributed by atoms with van der Waals surface area (Å²) in [5.74, 6) is 0.275. The lowest BCUT2D eigenvalue weighted by atomic mass is 10.1. The minimum atomic E-state index is -0.209. The third-order valence-corrected chi connectivity index (χ3v) is 7.14. The molecule has 1 fully saturated rings. The molecule has 4 aromatic rings. The molecule has 3 aromatic heterocycles. The molecule has 5 rings (SSSR count). The smallest absolute Gasteiger partial charge is 0.268 e. The van der Waals surface area contributed by atoms with E-state index in [1.165, 1.54) is 23.7 Å². The van der Waals surface area contributed by atoms with Crippen molar-refractivity contribution in [3.63, 3.8) is 0 Å². The van der Waals surface area contributed by atoms with Gasteiger partial charge in [0, 0.05) is 25.3 Å². The van der Waals surface area contributed by atoms with Gasteiger partial charge in [-0.05, 0) is 55.7 Å². The zero-order valence-electron chi connectivity index (χ0n) is 18.6. The second-order valence-electron chi connectivity index (χ2n) is 8.12. The topological polar surface area (TPSA) is 93.0 Å². The van der Waals surface area contributed by atoms with E-state index >= 15 is 0 Å². The summed E-state index contributed by atoms with van der Waals surface area (Å²) in [5.41, 5.74) is 2.58. The molecule has 1 aliphatic heterocycles. The predicted molar refractivity (Wildman–Crippen MR) is 133 cm³/mol. The molecular formula is C25H24N6O2S. The first-order valence-electron chi connectivity index (χ1n) is 11.2. The highest BCUT2D eigenvalue weighted by molar-refractivity contribution is 7.17. The van der Waals surface area contributed by atoms with Crippen LogP contribution in [0.4, 0.5) is 5.95 Å². The largest absolute Gasteiger partial charge is 0.339 e. The third-order valence-electron chi connectivity index (χ3n) is 6.03. The molecule has 1 N–H and O–H groups in total. The predicted octanol–water partition coefficient (Wildman–Crippen LogP) is 4.55. The van der Waals surface area contributed by atoms with Crippen molar-refractivity contribution in [2.75, 3.05) is 18.4 Å². The second kappa shape index (κ2) is 9.56. The first-order valence-corrected chi connectivity index (χ1v) is 12.0. The Labute approximate surface area is 201 Å². The Balaban J connectivity index is 1.42. The van der Waals surface area contributed by atoms with Crippen LogP contribution in [0.1, 0.15) is 35.0 Å². The lowest BCUT2D eigenvalue weighted by Gasteiger charge is -2.21. The lowest BCUT2D eigenvalue weighted by Crippen LogP contribution is -2.30. The number of imidazole rings is 1. The summed E-state index contributed by atoms with van der Waals surface area (Å²) < 4.78 is 2.12. The Morgan fingerprint density at radius 1 is 1.12 bits per heavy atom. The Morgan fingerprint density at radius 3 is 2.82 bits per heavy atom. The number of anilines is 1. The summed E-state index contributed by atoms with van der Waals surface area (Å²) in [4.78, 5) is 41.6. The van der Waals surface area contributed by atoms with Crippen LogP contribution in [0.5, 0.6) is 0 Å². The molecule has 0 unspecified atom stereocenters. The van der Waals surface area contributed by atoms with Gasteiger partial charge in [-0.3, -0.25) is 14.9 Å². The number of nitrogens with one attached hydrogen (secondary N) is 1. The van der Waals surface area contributed by atoms with E-state index in [0.717, 1.165) is 40.9 Å². The molecule has 172 valence electrons. The van der Waals surface area contributed by atoms with Crippen LogP contribution in [0.25, 0.3) is 21.6 Å². The summed E-state index contributed by atoms with van der Waals surface area (Å²) in [7, 11) is 0. The van der Waals surface area contributed by atoms with Gasteiger partial charge >= 0.3 is 0 Å². The highest BCUT2D eigenvalue weighted by Gasteiger charge is 2.25. The molecular weight excluding hydrogens is 448 g/mol. The van der Waals surface area contributed by atoms with Gasteiger partial charge in [0.2, 0.25) is 11.9 Å². The lowest BCUT2D eigenvalue weighted by molar-refractivity contribution is -0.125. The number of fused-ring (bicyclic) bond motifs is 1. The summed E-state index contributed by atoms with van der Waals surface area (Å²) in [6.07, 6.45) is 7.09. The van der Waals surface area contributed by atoms with E-state index in [2.05, 4.69) is 26.4 Å². The van der Waals surface area contributed by atoms with Crippen molar-refractivity contribution >= 4 is 40.1 Å². The highest BCUT2D eigenvalue weighted by Crippen LogP contribution is 2.32. The minimum Gasteiger partial charge on any atom is -0.339 e. The van der Waals surface area contributed by atoms with E-state index in [-0.39, 0.29) is 17.9 Å².